The molecule has 0 radical (unpaired) electrons. The molecule has 1 unspecified atom stereocenters. The lowest BCUT2D eigenvalue weighted by Gasteiger charge is -2.58. The van der Waals surface area contributed by atoms with E-state index in [-0.39, 0.29) is 0 Å². The molecule has 2 aromatic rings. The number of rotatable bonds is 10. The molecule has 4 bridgehead atoms. The molecule has 0 N–H and O–H groups in total. The summed E-state index contributed by atoms with van der Waals surface area (Å²) >= 11 is 0. The minimum absolute atomic E-state index is 0.348. The molecular formula is C29H40O3Si2. The topological polar surface area (TPSA) is 35.5 Å². The van der Waals surface area contributed by atoms with Gasteiger partial charge in [0.1, 0.15) is 6.29 Å². The van der Waals surface area contributed by atoms with Crippen molar-refractivity contribution in [3.63, 3.8) is 0 Å². The van der Waals surface area contributed by atoms with Crippen LogP contribution in [0.15, 0.2) is 48.5 Å². The van der Waals surface area contributed by atoms with Crippen LogP contribution in [0.1, 0.15) is 67.8 Å². The first-order chi connectivity index (χ1) is 16.5. The number of aldehydes is 1. The fraction of sp³-hybridized carbons (Fsp3) is 0.552. The highest BCUT2D eigenvalue weighted by Gasteiger charge is 2.53. The van der Waals surface area contributed by atoms with Gasteiger partial charge in [-0.25, -0.2) is 0 Å². The molecule has 0 heterocycles. The number of hydrogen-bond donors (Lipinski definition) is 0. The van der Waals surface area contributed by atoms with E-state index in [9.17, 15) is 4.79 Å². The number of benzene rings is 2. The van der Waals surface area contributed by atoms with Crippen molar-refractivity contribution in [2.75, 3.05) is 0 Å². The largest absolute Gasteiger partial charge is 0.395 e. The first-order valence-corrected chi connectivity index (χ1v) is 17.4. The summed E-state index contributed by atoms with van der Waals surface area (Å²) in [7, 11) is -1.32. The van der Waals surface area contributed by atoms with Gasteiger partial charge in [-0.2, -0.15) is 0 Å². The monoisotopic (exact) mass is 492 g/mol. The van der Waals surface area contributed by atoms with Crippen molar-refractivity contribution in [2.45, 2.75) is 70.8 Å². The van der Waals surface area contributed by atoms with Gasteiger partial charge in [0.05, 0.1) is 0 Å². The molecule has 0 amide bonds. The van der Waals surface area contributed by atoms with E-state index in [1.54, 1.807) is 0 Å². The SMILES string of the molecule is C[SiH2]OC(O[SiH2]C)(c1ccc(-c2ccc(C=O)cc2)cc1)C(C)CC12CC3CC(CC(C3)C1)C2. The highest BCUT2D eigenvalue weighted by molar-refractivity contribution is 6.26. The van der Waals surface area contributed by atoms with Crippen molar-refractivity contribution in [1.82, 2.24) is 0 Å². The van der Waals surface area contributed by atoms with E-state index in [2.05, 4.69) is 44.3 Å². The van der Waals surface area contributed by atoms with Gasteiger partial charge >= 0.3 is 0 Å². The number of carbonyl (C=O) groups is 1. The molecule has 6 rings (SSSR count). The Balaban J connectivity index is 1.42. The van der Waals surface area contributed by atoms with Crippen LogP contribution in [0.25, 0.3) is 11.1 Å². The maximum Gasteiger partial charge on any atom is 0.177 e. The van der Waals surface area contributed by atoms with E-state index in [1.165, 1.54) is 50.5 Å². The Morgan fingerprint density at radius 3 is 1.79 bits per heavy atom. The van der Waals surface area contributed by atoms with Crippen LogP contribution < -0.4 is 0 Å². The molecule has 5 heteroatoms. The fourth-order valence-electron chi connectivity index (χ4n) is 8.18. The molecule has 34 heavy (non-hydrogen) atoms. The lowest BCUT2D eigenvalue weighted by molar-refractivity contribution is -0.180. The van der Waals surface area contributed by atoms with Gasteiger partial charge in [0.25, 0.3) is 0 Å². The first-order valence-electron chi connectivity index (χ1n) is 13.4. The smallest absolute Gasteiger partial charge is 0.177 e. The molecule has 4 aliphatic rings. The molecule has 0 aromatic heterocycles. The predicted octanol–water partition coefficient (Wildman–Crippen LogP) is 5.86. The fourth-order valence-corrected chi connectivity index (χ4v) is 10.3. The Bertz CT molecular complexity index is 944. The molecule has 0 spiro atoms. The molecule has 0 aliphatic heterocycles. The zero-order chi connectivity index (χ0) is 23.8. The van der Waals surface area contributed by atoms with Crippen LogP contribution in [0.3, 0.4) is 0 Å². The first kappa shape index (κ1) is 24.2. The Labute approximate surface area is 209 Å². The minimum atomic E-state index is -0.662. The van der Waals surface area contributed by atoms with Crippen LogP contribution >= 0.6 is 0 Å². The summed E-state index contributed by atoms with van der Waals surface area (Å²) in [5.74, 6) is 2.67. The van der Waals surface area contributed by atoms with Crippen molar-refractivity contribution in [3.05, 3.63) is 59.7 Å². The highest BCUT2D eigenvalue weighted by atomic mass is 28.2. The molecule has 2 aromatic carbocycles. The summed E-state index contributed by atoms with van der Waals surface area (Å²) in [5, 5.41) is 0. The zero-order valence-electron chi connectivity index (χ0n) is 21.1. The molecule has 182 valence electrons. The second-order valence-corrected chi connectivity index (χ2v) is 13.1. The summed E-state index contributed by atoms with van der Waals surface area (Å²) in [4.78, 5) is 11.0. The normalized spacial score (nSPS) is 30.9. The third kappa shape index (κ3) is 4.52. The number of carbonyl (C=O) groups excluding carboxylic acids is 1. The van der Waals surface area contributed by atoms with E-state index in [1.807, 2.05) is 24.3 Å². The Kier molecular flexibility index (Phi) is 7.00. The van der Waals surface area contributed by atoms with E-state index >= 15 is 0 Å². The third-order valence-electron chi connectivity index (χ3n) is 8.94. The van der Waals surface area contributed by atoms with Gasteiger partial charge in [-0.3, -0.25) is 4.79 Å². The van der Waals surface area contributed by atoms with Gasteiger partial charge in [-0.1, -0.05) is 68.5 Å². The summed E-state index contributed by atoms with van der Waals surface area (Å²) in [6.45, 7) is 6.87. The van der Waals surface area contributed by atoms with Crippen molar-refractivity contribution in [2.24, 2.45) is 29.1 Å². The van der Waals surface area contributed by atoms with Gasteiger partial charge in [0, 0.05) is 17.0 Å². The van der Waals surface area contributed by atoms with Crippen LogP contribution in [0.5, 0.6) is 0 Å². The summed E-state index contributed by atoms with van der Waals surface area (Å²) < 4.78 is 13.4. The van der Waals surface area contributed by atoms with Crippen molar-refractivity contribution >= 4 is 25.8 Å². The Morgan fingerprint density at radius 1 is 0.882 bits per heavy atom. The second kappa shape index (κ2) is 9.84. The Morgan fingerprint density at radius 2 is 1.35 bits per heavy atom. The number of hydrogen-bond acceptors (Lipinski definition) is 3. The summed E-state index contributed by atoms with van der Waals surface area (Å²) in [6.07, 6.45) is 10.9. The predicted molar refractivity (Wildman–Crippen MR) is 144 cm³/mol. The lowest BCUT2D eigenvalue weighted by Crippen LogP contribution is -2.49. The molecule has 1 atom stereocenters. The van der Waals surface area contributed by atoms with Gasteiger partial charge < -0.3 is 8.85 Å². The summed E-state index contributed by atoms with van der Waals surface area (Å²) in [6, 6.07) is 16.6. The average Bonchev–Trinajstić information content (AvgIpc) is 2.83. The lowest BCUT2D eigenvalue weighted by atomic mass is 9.48. The summed E-state index contributed by atoms with van der Waals surface area (Å²) in [5.41, 5.74) is 4.69. The third-order valence-corrected chi connectivity index (χ3v) is 10.4. The standard InChI is InChI=1S/C29H40O3Si2/c1-20(15-28-16-22-12-23(17-28)14-24(13-22)18-28)29(31-33-2,32-34-3)27-10-8-26(9-11-27)25-6-4-21(19-30)5-7-25/h4-11,19-20,22-24H,12-18,33-34H2,1-3H3. The molecule has 4 fully saturated rings. The molecular weight excluding hydrogens is 452 g/mol. The quantitative estimate of drug-likeness (QED) is 0.237. The zero-order valence-corrected chi connectivity index (χ0v) is 23.9. The van der Waals surface area contributed by atoms with Crippen molar-refractivity contribution < 1.29 is 13.6 Å². The molecule has 4 aliphatic carbocycles. The molecule has 3 nitrogen and oxygen atoms in total. The van der Waals surface area contributed by atoms with E-state index < -0.39 is 25.3 Å². The van der Waals surface area contributed by atoms with Crippen molar-refractivity contribution in [3.8, 4) is 11.1 Å². The van der Waals surface area contributed by atoms with Gasteiger partial charge in [0.2, 0.25) is 0 Å². The van der Waals surface area contributed by atoms with Gasteiger partial charge in [-0.05, 0) is 79.2 Å². The average molecular weight is 493 g/mol. The van der Waals surface area contributed by atoms with Crippen LogP contribution in [0.4, 0.5) is 0 Å². The van der Waals surface area contributed by atoms with E-state index in [4.69, 9.17) is 8.85 Å². The second-order valence-electron chi connectivity index (χ2n) is 11.4. The van der Waals surface area contributed by atoms with Gasteiger partial charge in [-0.15, -0.1) is 0 Å². The van der Waals surface area contributed by atoms with Crippen molar-refractivity contribution in [1.29, 1.82) is 0 Å². The Hall–Kier alpha value is -1.54. The van der Waals surface area contributed by atoms with Crippen LogP contribution in [-0.2, 0) is 14.6 Å². The highest BCUT2D eigenvalue weighted by Crippen LogP contribution is 2.63. The van der Waals surface area contributed by atoms with Crippen LogP contribution in [0.2, 0.25) is 13.1 Å². The molecule has 0 saturated heterocycles. The maximum atomic E-state index is 11.0. The molecule has 4 saturated carbocycles. The minimum Gasteiger partial charge on any atom is -0.395 e. The van der Waals surface area contributed by atoms with Crippen LogP contribution in [-0.4, -0.2) is 25.8 Å². The van der Waals surface area contributed by atoms with Crippen LogP contribution in [0, 0.1) is 29.1 Å². The maximum absolute atomic E-state index is 11.0. The van der Waals surface area contributed by atoms with E-state index in [0.717, 1.165) is 35.2 Å². The van der Waals surface area contributed by atoms with Gasteiger partial charge in [0.15, 0.2) is 25.3 Å². The van der Waals surface area contributed by atoms with E-state index in [0.29, 0.717) is 16.9 Å².